The molecule has 0 aromatic heterocycles. The van der Waals surface area contributed by atoms with E-state index in [1.165, 1.54) is 18.6 Å². The van der Waals surface area contributed by atoms with E-state index in [2.05, 4.69) is 4.90 Å². The largest absolute Gasteiger partial charge is 0.299 e. The maximum atomic E-state index is 13.4. The Hall–Kier alpha value is -0.980. The Bertz CT molecular complexity index is 525. The molecule has 0 aliphatic carbocycles. The van der Waals surface area contributed by atoms with E-state index < -0.39 is 15.8 Å². The van der Waals surface area contributed by atoms with Gasteiger partial charge in [0.1, 0.15) is 5.82 Å². The summed E-state index contributed by atoms with van der Waals surface area (Å²) < 4.78 is 35.8. The molecule has 2 rings (SSSR count). The second kappa shape index (κ2) is 5.34. The lowest BCUT2D eigenvalue weighted by Gasteiger charge is -2.26. The van der Waals surface area contributed by atoms with E-state index in [9.17, 15) is 12.8 Å². The van der Waals surface area contributed by atoms with Gasteiger partial charge >= 0.3 is 0 Å². The molecular formula is C12H17FN2O2S. The van der Waals surface area contributed by atoms with Crippen molar-refractivity contribution in [1.29, 1.82) is 0 Å². The summed E-state index contributed by atoms with van der Waals surface area (Å²) in [6.45, 7) is 2.52. The van der Waals surface area contributed by atoms with Crippen molar-refractivity contribution in [3.05, 3.63) is 29.6 Å². The van der Waals surface area contributed by atoms with E-state index in [0.29, 0.717) is 12.1 Å². The highest BCUT2D eigenvalue weighted by molar-refractivity contribution is 7.89. The molecule has 0 saturated carbocycles. The van der Waals surface area contributed by atoms with Crippen LogP contribution in [0.25, 0.3) is 0 Å². The predicted molar refractivity (Wildman–Crippen MR) is 66.9 cm³/mol. The average molecular weight is 272 g/mol. The summed E-state index contributed by atoms with van der Waals surface area (Å²) in [6, 6.07) is 3.77. The fraction of sp³-hybridized carbons (Fsp3) is 0.500. The lowest BCUT2D eigenvalue weighted by Crippen LogP contribution is -2.29. The smallest absolute Gasteiger partial charge is 0.238 e. The molecule has 1 aromatic rings. The molecule has 100 valence electrons. The number of hydrogen-bond donors (Lipinski definition) is 1. The molecule has 0 spiro atoms. The molecule has 18 heavy (non-hydrogen) atoms. The molecule has 1 fully saturated rings. The van der Waals surface area contributed by atoms with Gasteiger partial charge in [-0.1, -0.05) is 6.42 Å². The van der Waals surface area contributed by atoms with Crippen LogP contribution in [0, 0.1) is 5.82 Å². The molecule has 1 aliphatic heterocycles. The first-order valence-corrected chi connectivity index (χ1v) is 7.54. The number of sulfonamides is 1. The highest BCUT2D eigenvalue weighted by Crippen LogP contribution is 2.17. The van der Waals surface area contributed by atoms with Crippen LogP contribution in [0.5, 0.6) is 0 Å². The third-order valence-corrected chi connectivity index (χ3v) is 4.01. The summed E-state index contributed by atoms with van der Waals surface area (Å²) in [6.07, 6.45) is 3.50. The minimum Gasteiger partial charge on any atom is -0.299 e. The molecule has 1 aliphatic rings. The van der Waals surface area contributed by atoms with Crippen molar-refractivity contribution in [2.45, 2.75) is 30.7 Å². The summed E-state index contributed by atoms with van der Waals surface area (Å²) in [4.78, 5) is 2.04. The summed E-state index contributed by atoms with van der Waals surface area (Å²) >= 11 is 0. The van der Waals surface area contributed by atoms with Crippen molar-refractivity contribution in [1.82, 2.24) is 4.90 Å². The first kappa shape index (κ1) is 13.5. The van der Waals surface area contributed by atoms with E-state index in [1.807, 2.05) is 0 Å². The first-order chi connectivity index (χ1) is 8.45. The molecular weight excluding hydrogens is 255 g/mol. The molecule has 0 radical (unpaired) electrons. The van der Waals surface area contributed by atoms with Gasteiger partial charge in [-0.15, -0.1) is 0 Å². The third kappa shape index (κ3) is 3.51. The highest BCUT2D eigenvalue weighted by atomic mass is 32.2. The van der Waals surface area contributed by atoms with Crippen LogP contribution < -0.4 is 5.14 Å². The van der Waals surface area contributed by atoms with Crippen LogP contribution in [-0.4, -0.2) is 26.4 Å². The van der Waals surface area contributed by atoms with E-state index >= 15 is 0 Å². The Morgan fingerprint density at radius 2 is 1.83 bits per heavy atom. The number of piperidine rings is 1. The predicted octanol–water partition coefficient (Wildman–Crippen LogP) is 1.46. The maximum absolute atomic E-state index is 13.4. The molecule has 0 atom stereocenters. The molecule has 1 saturated heterocycles. The summed E-state index contributed by atoms with van der Waals surface area (Å²) in [5, 5.41) is 5.02. The van der Waals surface area contributed by atoms with Crippen LogP contribution in [0.15, 0.2) is 23.1 Å². The number of nitrogens with zero attached hydrogens (tertiary/aromatic N) is 1. The van der Waals surface area contributed by atoms with Crippen molar-refractivity contribution in [3.8, 4) is 0 Å². The van der Waals surface area contributed by atoms with Crippen LogP contribution in [0.2, 0.25) is 0 Å². The third-order valence-electron chi connectivity index (χ3n) is 3.11. The maximum Gasteiger partial charge on any atom is 0.238 e. The number of hydrogen-bond acceptors (Lipinski definition) is 3. The Balaban J connectivity index is 2.20. The van der Waals surface area contributed by atoms with Gasteiger partial charge in [0.2, 0.25) is 10.0 Å². The molecule has 1 aromatic carbocycles. The van der Waals surface area contributed by atoms with Crippen LogP contribution in [-0.2, 0) is 16.6 Å². The number of benzene rings is 1. The Kier molecular flexibility index (Phi) is 3.99. The van der Waals surface area contributed by atoms with E-state index in [4.69, 9.17) is 5.14 Å². The zero-order chi connectivity index (χ0) is 13.2. The molecule has 4 nitrogen and oxygen atoms in total. The van der Waals surface area contributed by atoms with Gasteiger partial charge in [-0.3, -0.25) is 4.90 Å². The molecule has 0 unspecified atom stereocenters. The zero-order valence-corrected chi connectivity index (χ0v) is 10.9. The highest BCUT2D eigenvalue weighted by Gasteiger charge is 2.14. The lowest BCUT2D eigenvalue weighted by atomic mass is 10.1. The summed E-state index contributed by atoms with van der Waals surface area (Å²) in [5.41, 5.74) is 0.654. The number of halogens is 1. The normalized spacial score (nSPS) is 17.9. The van der Waals surface area contributed by atoms with Crippen molar-refractivity contribution >= 4 is 10.0 Å². The van der Waals surface area contributed by atoms with Crippen LogP contribution in [0.4, 0.5) is 4.39 Å². The minimum atomic E-state index is -3.85. The van der Waals surface area contributed by atoms with Gasteiger partial charge < -0.3 is 0 Å². The van der Waals surface area contributed by atoms with Crippen molar-refractivity contribution < 1.29 is 12.8 Å². The van der Waals surface area contributed by atoms with Gasteiger partial charge in [-0.2, -0.15) is 0 Å². The number of nitrogens with two attached hydrogens (primary N) is 1. The quantitative estimate of drug-likeness (QED) is 0.906. The zero-order valence-electron chi connectivity index (χ0n) is 10.1. The van der Waals surface area contributed by atoms with Gasteiger partial charge in [0.05, 0.1) is 4.90 Å². The van der Waals surface area contributed by atoms with Crippen LogP contribution >= 0.6 is 0 Å². The minimum absolute atomic E-state index is 0.158. The van der Waals surface area contributed by atoms with Gasteiger partial charge in [-0.05, 0) is 49.7 Å². The molecule has 0 bridgehead atoms. The van der Waals surface area contributed by atoms with Crippen LogP contribution in [0.3, 0.4) is 0 Å². The van der Waals surface area contributed by atoms with Gasteiger partial charge in [0.15, 0.2) is 0 Å². The number of primary sulfonamides is 1. The SMILES string of the molecule is NS(=O)(=O)c1cc(F)cc(CN2CCCCC2)c1. The van der Waals surface area contributed by atoms with Crippen molar-refractivity contribution in [3.63, 3.8) is 0 Å². The monoisotopic (exact) mass is 272 g/mol. The second-order valence-electron chi connectivity index (χ2n) is 4.68. The number of rotatable bonds is 3. The summed E-state index contributed by atoms with van der Waals surface area (Å²) in [7, 11) is -3.85. The van der Waals surface area contributed by atoms with E-state index in [-0.39, 0.29) is 4.90 Å². The molecule has 2 N–H and O–H groups in total. The Morgan fingerprint density at radius 3 is 2.44 bits per heavy atom. The average Bonchev–Trinajstić information content (AvgIpc) is 2.28. The first-order valence-electron chi connectivity index (χ1n) is 6.00. The lowest BCUT2D eigenvalue weighted by molar-refractivity contribution is 0.220. The van der Waals surface area contributed by atoms with Crippen molar-refractivity contribution in [2.24, 2.45) is 5.14 Å². The second-order valence-corrected chi connectivity index (χ2v) is 6.24. The van der Waals surface area contributed by atoms with E-state index in [1.54, 1.807) is 0 Å². The van der Waals surface area contributed by atoms with Crippen LogP contribution in [0.1, 0.15) is 24.8 Å². The van der Waals surface area contributed by atoms with Gasteiger partial charge in [0, 0.05) is 6.54 Å². The van der Waals surface area contributed by atoms with E-state index in [0.717, 1.165) is 32.0 Å². The van der Waals surface area contributed by atoms with Crippen molar-refractivity contribution in [2.75, 3.05) is 13.1 Å². The molecule has 0 amide bonds. The number of likely N-dealkylation sites (tertiary alicyclic amines) is 1. The Labute approximate surface area is 107 Å². The molecule has 6 heteroatoms. The summed E-state index contributed by atoms with van der Waals surface area (Å²) in [5.74, 6) is -0.562. The topological polar surface area (TPSA) is 63.4 Å². The van der Waals surface area contributed by atoms with Gasteiger partial charge in [0.25, 0.3) is 0 Å². The Morgan fingerprint density at radius 1 is 1.17 bits per heavy atom. The fourth-order valence-corrected chi connectivity index (χ4v) is 2.84. The standard InChI is InChI=1S/C12H17FN2O2S/c13-11-6-10(7-12(8-11)18(14,16)17)9-15-4-2-1-3-5-15/h6-8H,1-5,9H2,(H2,14,16,17). The fourth-order valence-electron chi connectivity index (χ4n) is 2.25. The molecule has 1 heterocycles. The van der Waals surface area contributed by atoms with Gasteiger partial charge in [-0.25, -0.2) is 17.9 Å².